The van der Waals surface area contributed by atoms with Gasteiger partial charge in [-0.15, -0.1) is 0 Å². The molecule has 4 nitrogen and oxygen atoms in total. The molecule has 0 saturated heterocycles. The molecule has 0 bridgehead atoms. The molecular formula is C15H22N2O2. The number of aryl methyl sites for hydroxylation is 1. The average Bonchev–Trinajstić information content (AvgIpc) is 2.39. The number of amides is 1. The first kappa shape index (κ1) is 14.0. The highest BCUT2D eigenvalue weighted by Crippen LogP contribution is 2.20. The van der Waals surface area contributed by atoms with E-state index in [1.807, 2.05) is 31.2 Å². The summed E-state index contributed by atoms with van der Waals surface area (Å²) in [6.07, 6.45) is 4.15. The predicted octanol–water partition coefficient (Wildman–Crippen LogP) is 2.22. The number of carbonyl (C=O) groups excluding carboxylic acids is 1. The lowest BCUT2D eigenvalue weighted by atomic mass is 9.94. The summed E-state index contributed by atoms with van der Waals surface area (Å²) >= 11 is 0. The van der Waals surface area contributed by atoms with Crippen molar-refractivity contribution < 1.29 is 9.53 Å². The summed E-state index contributed by atoms with van der Waals surface area (Å²) in [5.74, 6) is -0.103. The second kappa shape index (κ2) is 6.68. The molecule has 1 aliphatic rings. The summed E-state index contributed by atoms with van der Waals surface area (Å²) in [6.45, 7) is 2.07. The Morgan fingerprint density at radius 3 is 2.95 bits per heavy atom. The lowest BCUT2D eigenvalue weighted by Crippen LogP contribution is -2.34. The van der Waals surface area contributed by atoms with Crippen LogP contribution in [0.5, 0.6) is 0 Å². The molecule has 0 aliphatic heterocycles. The fraction of sp³-hybridized carbons (Fsp3) is 0.533. The number of ether oxygens (including phenoxy) is 1. The molecule has 104 valence electrons. The van der Waals surface area contributed by atoms with Crippen LogP contribution in [0.3, 0.4) is 0 Å². The molecule has 4 heteroatoms. The van der Waals surface area contributed by atoms with Crippen LogP contribution >= 0.6 is 0 Å². The Labute approximate surface area is 114 Å². The topological polar surface area (TPSA) is 64.3 Å². The maximum absolute atomic E-state index is 11.8. The second-order valence-corrected chi connectivity index (χ2v) is 5.22. The van der Waals surface area contributed by atoms with Crippen LogP contribution < -0.4 is 11.1 Å². The summed E-state index contributed by atoms with van der Waals surface area (Å²) in [6, 6.07) is 7.94. The van der Waals surface area contributed by atoms with Gasteiger partial charge in [0.25, 0.3) is 0 Å². The molecule has 1 amide bonds. The number of para-hydroxylation sites is 1. The van der Waals surface area contributed by atoms with Crippen LogP contribution in [0.4, 0.5) is 5.69 Å². The van der Waals surface area contributed by atoms with E-state index in [0.29, 0.717) is 0 Å². The zero-order valence-corrected chi connectivity index (χ0v) is 11.4. The third kappa shape index (κ3) is 4.33. The minimum absolute atomic E-state index is 0.103. The molecule has 2 atom stereocenters. The zero-order valence-electron chi connectivity index (χ0n) is 11.4. The highest BCUT2D eigenvalue weighted by atomic mass is 16.5. The van der Waals surface area contributed by atoms with E-state index in [-0.39, 0.29) is 24.7 Å². The molecule has 1 fully saturated rings. The molecule has 2 rings (SSSR count). The van der Waals surface area contributed by atoms with Crippen molar-refractivity contribution in [2.75, 3.05) is 11.9 Å². The molecule has 2 unspecified atom stereocenters. The Bertz CT molecular complexity index is 434. The summed E-state index contributed by atoms with van der Waals surface area (Å²) in [5.41, 5.74) is 7.79. The molecule has 1 aliphatic carbocycles. The van der Waals surface area contributed by atoms with E-state index >= 15 is 0 Å². The number of anilines is 1. The van der Waals surface area contributed by atoms with Crippen LogP contribution in [0.25, 0.3) is 0 Å². The Morgan fingerprint density at radius 2 is 2.21 bits per heavy atom. The van der Waals surface area contributed by atoms with Gasteiger partial charge < -0.3 is 15.8 Å². The van der Waals surface area contributed by atoms with E-state index in [0.717, 1.165) is 36.9 Å². The van der Waals surface area contributed by atoms with Gasteiger partial charge in [-0.05, 0) is 44.2 Å². The fourth-order valence-corrected chi connectivity index (χ4v) is 2.43. The molecule has 0 spiro atoms. The summed E-state index contributed by atoms with van der Waals surface area (Å²) in [4.78, 5) is 11.8. The van der Waals surface area contributed by atoms with E-state index in [1.165, 1.54) is 0 Å². The van der Waals surface area contributed by atoms with Crippen LogP contribution in [-0.4, -0.2) is 24.7 Å². The smallest absolute Gasteiger partial charge is 0.250 e. The Balaban J connectivity index is 1.77. The molecule has 0 heterocycles. The molecule has 0 aromatic heterocycles. The quantitative estimate of drug-likeness (QED) is 0.874. The third-order valence-corrected chi connectivity index (χ3v) is 3.54. The lowest BCUT2D eigenvalue weighted by Gasteiger charge is -2.26. The van der Waals surface area contributed by atoms with Gasteiger partial charge >= 0.3 is 0 Å². The van der Waals surface area contributed by atoms with E-state index in [4.69, 9.17) is 10.5 Å². The van der Waals surface area contributed by atoms with Gasteiger partial charge in [-0.2, -0.15) is 0 Å². The molecule has 19 heavy (non-hydrogen) atoms. The number of hydrogen-bond acceptors (Lipinski definition) is 3. The van der Waals surface area contributed by atoms with Gasteiger partial charge in [0.2, 0.25) is 5.91 Å². The Morgan fingerprint density at radius 1 is 1.42 bits per heavy atom. The van der Waals surface area contributed by atoms with Crippen molar-refractivity contribution in [3.05, 3.63) is 29.8 Å². The zero-order chi connectivity index (χ0) is 13.7. The molecule has 3 N–H and O–H groups in total. The number of nitrogens with one attached hydrogen (secondary N) is 1. The van der Waals surface area contributed by atoms with Crippen molar-refractivity contribution in [1.29, 1.82) is 0 Å². The summed E-state index contributed by atoms with van der Waals surface area (Å²) < 4.78 is 5.64. The first-order valence-corrected chi connectivity index (χ1v) is 6.88. The number of benzene rings is 1. The van der Waals surface area contributed by atoms with Crippen LogP contribution in [0.15, 0.2) is 24.3 Å². The minimum atomic E-state index is -0.103. The minimum Gasteiger partial charge on any atom is -0.368 e. The number of hydrogen-bond donors (Lipinski definition) is 2. The number of nitrogens with two attached hydrogens (primary N) is 1. The van der Waals surface area contributed by atoms with Gasteiger partial charge in [-0.3, -0.25) is 4.79 Å². The van der Waals surface area contributed by atoms with Gasteiger partial charge in [-0.25, -0.2) is 0 Å². The predicted molar refractivity (Wildman–Crippen MR) is 76.0 cm³/mol. The fourth-order valence-electron chi connectivity index (χ4n) is 2.43. The molecule has 1 aromatic carbocycles. The monoisotopic (exact) mass is 262 g/mol. The van der Waals surface area contributed by atoms with Crippen molar-refractivity contribution >= 4 is 11.6 Å². The van der Waals surface area contributed by atoms with Crippen molar-refractivity contribution in [3.8, 4) is 0 Å². The first-order valence-electron chi connectivity index (χ1n) is 6.88. The second-order valence-electron chi connectivity index (χ2n) is 5.22. The summed E-state index contributed by atoms with van der Waals surface area (Å²) in [5, 5.41) is 2.87. The molecular weight excluding hydrogens is 240 g/mol. The van der Waals surface area contributed by atoms with Crippen molar-refractivity contribution in [1.82, 2.24) is 0 Å². The van der Waals surface area contributed by atoms with Crippen molar-refractivity contribution in [2.45, 2.75) is 44.8 Å². The maximum atomic E-state index is 11.8. The van der Waals surface area contributed by atoms with E-state index in [9.17, 15) is 4.79 Å². The largest absolute Gasteiger partial charge is 0.368 e. The Hall–Kier alpha value is -1.39. The lowest BCUT2D eigenvalue weighted by molar-refractivity contribution is -0.123. The van der Waals surface area contributed by atoms with Crippen LogP contribution in [-0.2, 0) is 9.53 Å². The molecule has 1 aromatic rings. The van der Waals surface area contributed by atoms with Gasteiger partial charge in [0.1, 0.15) is 6.61 Å². The highest BCUT2D eigenvalue weighted by molar-refractivity contribution is 5.92. The maximum Gasteiger partial charge on any atom is 0.250 e. The van der Waals surface area contributed by atoms with Crippen LogP contribution in [0, 0.1) is 6.92 Å². The standard InChI is InChI=1S/C15H22N2O2/c1-11-5-2-3-8-14(11)17-15(18)10-19-13-7-4-6-12(16)9-13/h2-3,5,8,12-13H,4,6-7,9-10,16H2,1H3,(H,17,18). The normalized spacial score (nSPS) is 23.1. The summed E-state index contributed by atoms with van der Waals surface area (Å²) in [7, 11) is 0. The molecule has 0 radical (unpaired) electrons. The molecule has 1 saturated carbocycles. The van der Waals surface area contributed by atoms with E-state index < -0.39 is 0 Å². The highest BCUT2D eigenvalue weighted by Gasteiger charge is 2.20. The SMILES string of the molecule is Cc1ccccc1NC(=O)COC1CCCC(N)C1. The number of carbonyl (C=O) groups is 1. The van der Waals surface area contributed by atoms with Gasteiger partial charge in [-0.1, -0.05) is 18.2 Å². The third-order valence-electron chi connectivity index (χ3n) is 3.54. The Kier molecular flexibility index (Phi) is 4.93. The van der Waals surface area contributed by atoms with Crippen LogP contribution in [0.1, 0.15) is 31.2 Å². The number of rotatable bonds is 4. The van der Waals surface area contributed by atoms with Crippen LogP contribution in [0.2, 0.25) is 0 Å². The van der Waals surface area contributed by atoms with Gasteiger partial charge in [0, 0.05) is 11.7 Å². The first-order chi connectivity index (χ1) is 9.15. The van der Waals surface area contributed by atoms with E-state index in [1.54, 1.807) is 0 Å². The average molecular weight is 262 g/mol. The van der Waals surface area contributed by atoms with Crippen molar-refractivity contribution in [2.24, 2.45) is 5.73 Å². The van der Waals surface area contributed by atoms with Crippen molar-refractivity contribution in [3.63, 3.8) is 0 Å². The van der Waals surface area contributed by atoms with Gasteiger partial charge in [0.15, 0.2) is 0 Å². The van der Waals surface area contributed by atoms with E-state index in [2.05, 4.69) is 5.32 Å². The van der Waals surface area contributed by atoms with Gasteiger partial charge in [0.05, 0.1) is 6.10 Å².